The third-order valence-corrected chi connectivity index (χ3v) is 2.27. The van der Waals surface area contributed by atoms with E-state index in [-0.39, 0.29) is 0 Å². The molecule has 2 bridgehead atoms. The van der Waals surface area contributed by atoms with Gasteiger partial charge in [-0.3, -0.25) is 0 Å². The SMILES string of the molecule is CC1N[C@H]2CN[C@@H]1C2. The van der Waals surface area contributed by atoms with Crippen molar-refractivity contribution in [3.63, 3.8) is 0 Å². The lowest BCUT2D eigenvalue weighted by molar-refractivity contribution is 0.435. The van der Waals surface area contributed by atoms with Crippen LogP contribution in [-0.4, -0.2) is 24.7 Å². The molecular weight excluding hydrogens is 100 g/mol. The van der Waals surface area contributed by atoms with E-state index in [2.05, 4.69) is 17.6 Å². The topological polar surface area (TPSA) is 24.1 Å². The molecule has 2 fully saturated rings. The maximum Gasteiger partial charge on any atom is 0.0234 e. The Morgan fingerprint density at radius 2 is 2.38 bits per heavy atom. The van der Waals surface area contributed by atoms with E-state index in [0.717, 1.165) is 12.1 Å². The molecular formula is C6H12N2. The highest BCUT2D eigenvalue weighted by molar-refractivity contribution is 4.99. The molecule has 2 aliphatic heterocycles. The monoisotopic (exact) mass is 112 g/mol. The van der Waals surface area contributed by atoms with E-state index in [4.69, 9.17) is 0 Å². The normalized spacial score (nSPS) is 52.9. The Kier molecular flexibility index (Phi) is 0.866. The summed E-state index contributed by atoms with van der Waals surface area (Å²) in [6, 6.07) is 2.28. The Morgan fingerprint density at radius 3 is 2.62 bits per heavy atom. The zero-order valence-corrected chi connectivity index (χ0v) is 5.15. The Balaban J connectivity index is 2.11. The van der Waals surface area contributed by atoms with Gasteiger partial charge in [0.2, 0.25) is 0 Å². The number of rotatable bonds is 0. The van der Waals surface area contributed by atoms with Gasteiger partial charge in [-0.25, -0.2) is 0 Å². The Morgan fingerprint density at radius 1 is 1.50 bits per heavy atom. The van der Waals surface area contributed by atoms with Gasteiger partial charge in [0.05, 0.1) is 0 Å². The summed E-state index contributed by atoms with van der Waals surface area (Å²) in [4.78, 5) is 0. The lowest BCUT2D eigenvalue weighted by atomic mass is 10.2. The van der Waals surface area contributed by atoms with Crippen LogP contribution in [0.3, 0.4) is 0 Å². The van der Waals surface area contributed by atoms with Crippen molar-refractivity contribution in [1.29, 1.82) is 0 Å². The molecule has 2 nitrogen and oxygen atoms in total. The summed E-state index contributed by atoms with van der Waals surface area (Å²) in [6.45, 7) is 3.44. The van der Waals surface area contributed by atoms with Crippen LogP contribution >= 0.6 is 0 Å². The van der Waals surface area contributed by atoms with Crippen LogP contribution in [0, 0.1) is 0 Å². The number of fused-ring (bicyclic) bond motifs is 2. The van der Waals surface area contributed by atoms with Gasteiger partial charge in [0, 0.05) is 24.7 Å². The van der Waals surface area contributed by atoms with Crippen molar-refractivity contribution < 1.29 is 0 Å². The first-order valence-corrected chi connectivity index (χ1v) is 3.36. The van der Waals surface area contributed by atoms with Gasteiger partial charge in [0.15, 0.2) is 0 Å². The molecule has 2 saturated heterocycles. The quantitative estimate of drug-likeness (QED) is 0.450. The molecule has 3 atom stereocenters. The molecule has 0 aromatic carbocycles. The Hall–Kier alpha value is -0.0800. The minimum absolute atomic E-state index is 0.716. The van der Waals surface area contributed by atoms with Crippen molar-refractivity contribution in [2.45, 2.75) is 31.5 Å². The highest BCUT2D eigenvalue weighted by Crippen LogP contribution is 2.17. The second-order valence-electron chi connectivity index (χ2n) is 2.90. The Labute approximate surface area is 49.7 Å². The molecule has 0 amide bonds. The molecule has 2 rings (SSSR count). The van der Waals surface area contributed by atoms with Crippen LogP contribution in [0.25, 0.3) is 0 Å². The third kappa shape index (κ3) is 0.501. The molecule has 0 aromatic heterocycles. The fourth-order valence-electron chi connectivity index (χ4n) is 1.76. The minimum atomic E-state index is 0.716. The van der Waals surface area contributed by atoms with Gasteiger partial charge in [-0.1, -0.05) is 0 Å². The van der Waals surface area contributed by atoms with Crippen LogP contribution in [0.5, 0.6) is 0 Å². The minimum Gasteiger partial charge on any atom is -0.311 e. The van der Waals surface area contributed by atoms with Crippen molar-refractivity contribution in [2.24, 2.45) is 0 Å². The number of nitrogens with one attached hydrogen (secondary N) is 2. The highest BCUT2D eigenvalue weighted by Gasteiger charge is 2.35. The van der Waals surface area contributed by atoms with Gasteiger partial charge >= 0.3 is 0 Å². The zero-order valence-electron chi connectivity index (χ0n) is 5.15. The average molecular weight is 112 g/mol. The Bertz CT molecular complexity index is 101. The van der Waals surface area contributed by atoms with E-state index in [1.54, 1.807) is 0 Å². The van der Waals surface area contributed by atoms with E-state index < -0.39 is 0 Å². The van der Waals surface area contributed by atoms with Gasteiger partial charge in [-0.2, -0.15) is 0 Å². The predicted octanol–water partition coefficient (Wildman–Crippen LogP) is -0.291. The van der Waals surface area contributed by atoms with Crippen LogP contribution < -0.4 is 10.6 Å². The van der Waals surface area contributed by atoms with Crippen molar-refractivity contribution >= 4 is 0 Å². The lowest BCUT2D eigenvalue weighted by Gasteiger charge is -2.19. The molecule has 2 heteroatoms. The summed E-state index contributed by atoms with van der Waals surface area (Å²) >= 11 is 0. The van der Waals surface area contributed by atoms with Crippen LogP contribution in [0.4, 0.5) is 0 Å². The van der Waals surface area contributed by atoms with Crippen molar-refractivity contribution in [2.75, 3.05) is 6.54 Å². The van der Waals surface area contributed by atoms with Gasteiger partial charge in [0.25, 0.3) is 0 Å². The van der Waals surface area contributed by atoms with Gasteiger partial charge in [-0.05, 0) is 13.3 Å². The van der Waals surface area contributed by atoms with E-state index in [1.165, 1.54) is 13.0 Å². The smallest absolute Gasteiger partial charge is 0.0234 e. The first-order chi connectivity index (χ1) is 3.86. The number of piperazine rings is 1. The molecule has 2 N–H and O–H groups in total. The van der Waals surface area contributed by atoms with Gasteiger partial charge < -0.3 is 10.6 Å². The summed E-state index contributed by atoms with van der Waals surface area (Å²) in [5.74, 6) is 0. The number of hydrogen-bond acceptors (Lipinski definition) is 2. The molecule has 0 aromatic rings. The molecule has 0 radical (unpaired) electrons. The van der Waals surface area contributed by atoms with Crippen molar-refractivity contribution in [3.05, 3.63) is 0 Å². The first kappa shape index (κ1) is 4.77. The van der Waals surface area contributed by atoms with E-state index in [0.29, 0.717) is 6.04 Å². The van der Waals surface area contributed by atoms with Gasteiger partial charge in [-0.15, -0.1) is 0 Å². The average Bonchev–Trinajstić information content (AvgIpc) is 2.23. The molecule has 0 saturated carbocycles. The maximum atomic E-state index is 3.49. The predicted molar refractivity (Wildman–Crippen MR) is 32.8 cm³/mol. The second kappa shape index (κ2) is 1.45. The summed E-state index contributed by atoms with van der Waals surface area (Å²) in [6.07, 6.45) is 1.35. The van der Waals surface area contributed by atoms with Crippen LogP contribution in [0.15, 0.2) is 0 Å². The largest absolute Gasteiger partial charge is 0.311 e. The fourth-order valence-corrected chi connectivity index (χ4v) is 1.76. The van der Waals surface area contributed by atoms with Crippen LogP contribution in [0.2, 0.25) is 0 Å². The van der Waals surface area contributed by atoms with E-state index in [9.17, 15) is 0 Å². The summed E-state index contributed by atoms with van der Waals surface area (Å²) in [5.41, 5.74) is 0. The van der Waals surface area contributed by atoms with Crippen LogP contribution in [0.1, 0.15) is 13.3 Å². The number of hydrogen-bond donors (Lipinski definition) is 2. The zero-order chi connectivity index (χ0) is 5.56. The molecule has 1 unspecified atom stereocenters. The second-order valence-corrected chi connectivity index (χ2v) is 2.90. The van der Waals surface area contributed by atoms with Gasteiger partial charge in [0.1, 0.15) is 0 Å². The third-order valence-electron chi connectivity index (χ3n) is 2.27. The maximum absolute atomic E-state index is 3.49. The molecule has 0 aliphatic carbocycles. The first-order valence-electron chi connectivity index (χ1n) is 3.36. The van der Waals surface area contributed by atoms with E-state index in [1.807, 2.05) is 0 Å². The lowest BCUT2D eigenvalue weighted by Crippen LogP contribution is -2.46. The molecule has 2 aliphatic rings. The summed E-state index contributed by atoms with van der Waals surface area (Å²) in [7, 11) is 0. The molecule has 46 valence electrons. The fraction of sp³-hybridized carbons (Fsp3) is 1.00. The summed E-state index contributed by atoms with van der Waals surface area (Å²) < 4.78 is 0. The van der Waals surface area contributed by atoms with Crippen molar-refractivity contribution in [1.82, 2.24) is 10.6 Å². The molecule has 2 heterocycles. The highest BCUT2D eigenvalue weighted by atomic mass is 15.2. The summed E-state index contributed by atoms with van der Waals surface area (Å²) in [5, 5.41) is 6.93. The van der Waals surface area contributed by atoms with E-state index >= 15 is 0 Å². The molecule has 8 heavy (non-hydrogen) atoms. The van der Waals surface area contributed by atoms with Crippen LogP contribution in [-0.2, 0) is 0 Å². The standard InChI is InChI=1S/C6H12N2/c1-4-6-2-5(8-4)3-7-6/h4-8H,2-3H2,1H3/t4?,5-,6-/m1/s1. The molecule has 0 spiro atoms. The van der Waals surface area contributed by atoms with Crippen molar-refractivity contribution in [3.8, 4) is 0 Å².